The van der Waals surface area contributed by atoms with E-state index < -0.39 is 0 Å². The Bertz CT molecular complexity index is 587. The van der Waals surface area contributed by atoms with Crippen LogP contribution in [-0.4, -0.2) is 36.1 Å². The molecule has 1 saturated heterocycles. The first-order valence-corrected chi connectivity index (χ1v) is 8.74. The second-order valence-corrected chi connectivity index (χ2v) is 6.96. The maximum atomic E-state index is 3.58. The molecule has 0 bridgehead atoms. The molecule has 4 heteroatoms. The van der Waals surface area contributed by atoms with Crippen molar-refractivity contribution in [2.45, 2.75) is 26.3 Å². The first-order chi connectivity index (χ1) is 10.3. The Morgan fingerprint density at radius 3 is 3.05 bits per heavy atom. The summed E-state index contributed by atoms with van der Waals surface area (Å²) in [4.78, 5) is 5.96. The van der Waals surface area contributed by atoms with Crippen LogP contribution in [0.15, 0.2) is 28.9 Å². The van der Waals surface area contributed by atoms with Gasteiger partial charge in [0.05, 0.1) is 0 Å². The molecule has 1 atom stereocenters. The standard InChI is InChI=1S/C17H24BrN3/c1-2-21(11-13-4-3-7-19-9-13)12-14-10-20-17-6-5-15(18)8-16(14)17/h5-6,8,10,13,19-20H,2-4,7,9,11-12H2,1H3. The average molecular weight is 350 g/mol. The van der Waals surface area contributed by atoms with Crippen molar-refractivity contribution in [3.05, 3.63) is 34.4 Å². The molecule has 0 amide bonds. The predicted molar refractivity (Wildman–Crippen MR) is 92.5 cm³/mol. The Labute approximate surface area is 135 Å². The third kappa shape index (κ3) is 3.68. The summed E-state index contributed by atoms with van der Waals surface area (Å²) in [7, 11) is 0. The second kappa shape index (κ2) is 6.95. The molecular weight excluding hydrogens is 326 g/mol. The number of aromatic nitrogens is 1. The van der Waals surface area contributed by atoms with E-state index in [-0.39, 0.29) is 0 Å². The molecule has 0 spiro atoms. The van der Waals surface area contributed by atoms with Gasteiger partial charge in [-0.3, -0.25) is 4.90 Å². The molecule has 0 saturated carbocycles. The van der Waals surface area contributed by atoms with Gasteiger partial charge in [0, 0.05) is 34.7 Å². The highest BCUT2D eigenvalue weighted by molar-refractivity contribution is 9.10. The largest absolute Gasteiger partial charge is 0.361 e. The molecule has 114 valence electrons. The first kappa shape index (κ1) is 15.1. The molecule has 1 aromatic carbocycles. The summed E-state index contributed by atoms with van der Waals surface area (Å²) in [5.74, 6) is 0.802. The Balaban J connectivity index is 1.71. The molecule has 1 aliphatic rings. The van der Waals surface area contributed by atoms with Gasteiger partial charge < -0.3 is 10.3 Å². The quantitative estimate of drug-likeness (QED) is 0.861. The van der Waals surface area contributed by atoms with Crippen molar-refractivity contribution < 1.29 is 0 Å². The number of nitrogens with one attached hydrogen (secondary N) is 2. The van der Waals surface area contributed by atoms with E-state index >= 15 is 0 Å². The molecule has 1 aliphatic heterocycles. The summed E-state index contributed by atoms with van der Waals surface area (Å²) in [5, 5.41) is 4.86. The van der Waals surface area contributed by atoms with Crippen molar-refractivity contribution in [3.8, 4) is 0 Å². The van der Waals surface area contributed by atoms with Gasteiger partial charge in [-0.25, -0.2) is 0 Å². The van der Waals surface area contributed by atoms with E-state index in [2.05, 4.69) is 62.5 Å². The maximum Gasteiger partial charge on any atom is 0.0458 e. The van der Waals surface area contributed by atoms with Gasteiger partial charge in [0.2, 0.25) is 0 Å². The molecule has 3 rings (SSSR count). The number of nitrogens with zero attached hydrogens (tertiary/aromatic N) is 1. The molecule has 1 aromatic heterocycles. The Kier molecular flexibility index (Phi) is 4.99. The van der Waals surface area contributed by atoms with Crippen LogP contribution in [0.1, 0.15) is 25.3 Å². The first-order valence-electron chi connectivity index (χ1n) is 7.95. The highest BCUT2D eigenvalue weighted by Gasteiger charge is 2.17. The smallest absolute Gasteiger partial charge is 0.0458 e. The number of hydrogen-bond acceptors (Lipinski definition) is 2. The number of piperidine rings is 1. The molecule has 0 radical (unpaired) electrons. The van der Waals surface area contributed by atoms with Crippen molar-refractivity contribution in [1.82, 2.24) is 15.2 Å². The van der Waals surface area contributed by atoms with Gasteiger partial charge in [0.25, 0.3) is 0 Å². The molecule has 2 aromatic rings. The van der Waals surface area contributed by atoms with Crippen LogP contribution in [0.25, 0.3) is 10.9 Å². The van der Waals surface area contributed by atoms with Crippen LogP contribution in [-0.2, 0) is 6.54 Å². The summed E-state index contributed by atoms with van der Waals surface area (Å²) in [5.41, 5.74) is 2.63. The minimum Gasteiger partial charge on any atom is -0.361 e. The van der Waals surface area contributed by atoms with E-state index in [0.29, 0.717) is 0 Å². The number of benzene rings is 1. The monoisotopic (exact) mass is 349 g/mol. The van der Waals surface area contributed by atoms with Gasteiger partial charge in [0.1, 0.15) is 0 Å². The topological polar surface area (TPSA) is 31.1 Å². The molecule has 0 aliphatic carbocycles. The number of hydrogen-bond donors (Lipinski definition) is 2. The summed E-state index contributed by atoms with van der Waals surface area (Å²) in [6.07, 6.45) is 4.85. The lowest BCUT2D eigenvalue weighted by molar-refractivity contribution is 0.210. The number of aromatic amines is 1. The van der Waals surface area contributed by atoms with Gasteiger partial charge in [-0.05, 0) is 62.2 Å². The van der Waals surface area contributed by atoms with E-state index in [1.807, 2.05) is 0 Å². The number of fused-ring (bicyclic) bond motifs is 1. The third-order valence-electron chi connectivity index (χ3n) is 4.49. The van der Waals surface area contributed by atoms with Gasteiger partial charge >= 0.3 is 0 Å². The predicted octanol–water partition coefficient (Wildman–Crippen LogP) is 3.75. The van der Waals surface area contributed by atoms with Crippen molar-refractivity contribution in [1.29, 1.82) is 0 Å². The fourth-order valence-corrected chi connectivity index (χ4v) is 3.63. The maximum absolute atomic E-state index is 3.58. The minimum atomic E-state index is 0.802. The lowest BCUT2D eigenvalue weighted by Crippen LogP contribution is -2.38. The van der Waals surface area contributed by atoms with Crippen LogP contribution in [0.4, 0.5) is 0 Å². The Morgan fingerprint density at radius 2 is 2.29 bits per heavy atom. The number of halogens is 1. The van der Waals surface area contributed by atoms with Crippen molar-refractivity contribution in [2.24, 2.45) is 5.92 Å². The molecular formula is C17H24BrN3. The van der Waals surface area contributed by atoms with Crippen LogP contribution < -0.4 is 5.32 Å². The zero-order valence-electron chi connectivity index (χ0n) is 12.7. The van der Waals surface area contributed by atoms with Crippen LogP contribution >= 0.6 is 15.9 Å². The molecule has 1 fully saturated rings. The van der Waals surface area contributed by atoms with Crippen molar-refractivity contribution in [2.75, 3.05) is 26.2 Å². The Morgan fingerprint density at radius 1 is 1.38 bits per heavy atom. The van der Waals surface area contributed by atoms with Crippen LogP contribution in [0.5, 0.6) is 0 Å². The molecule has 1 unspecified atom stereocenters. The Hall–Kier alpha value is -0.840. The lowest BCUT2D eigenvalue weighted by Gasteiger charge is -2.29. The van der Waals surface area contributed by atoms with E-state index in [9.17, 15) is 0 Å². The zero-order chi connectivity index (χ0) is 14.7. The van der Waals surface area contributed by atoms with Gasteiger partial charge in [0.15, 0.2) is 0 Å². The van der Waals surface area contributed by atoms with Crippen LogP contribution in [0.2, 0.25) is 0 Å². The summed E-state index contributed by atoms with van der Waals surface area (Å²) >= 11 is 3.58. The van der Waals surface area contributed by atoms with E-state index in [1.54, 1.807) is 0 Å². The van der Waals surface area contributed by atoms with Gasteiger partial charge in [-0.1, -0.05) is 22.9 Å². The van der Waals surface area contributed by atoms with Gasteiger partial charge in [-0.2, -0.15) is 0 Å². The van der Waals surface area contributed by atoms with Crippen molar-refractivity contribution in [3.63, 3.8) is 0 Å². The van der Waals surface area contributed by atoms with E-state index in [4.69, 9.17) is 0 Å². The highest BCUT2D eigenvalue weighted by Crippen LogP contribution is 2.24. The zero-order valence-corrected chi connectivity index (χ0v) is 14.2. The SMILES string of the molecule is CCN(Cc1c[nH]c2ccc(Br)cc12)CC1CCCNC1. The number of H-pyrrole nitrogens is 1. The van der Waals surface area contributed by atoms with Crippen LogP contribution in [0.3, 0.4) is 0 Å². The highest BCUT2D eigenvalue weighted by atomic mass is 79.9. The van der Waals surface area contributed by atoms with E-state index in [1.165, 1.54) is 48.9 Å². The lowest BCUT2D eigenvalue weighted by atomic mass is 9.99. The fourth-order valence-electron chi connectivity index (χ4n) is 3.27. The average Bonchev–Trinajstić information content (AvgIpc) is 2.90. The fraction of sp³-hybridized carbons (Fsp3) is 0.529. The second-order valence-electron chi connectivity index (χ2n) is 6.04. The molecule has 21 heavy (non-hydrogen) atoms. The van der Waals surface area contributed by atoms with Gasteiger partial charge in [-0.15, -0.1) is 0 Å². The van der Waals surface area contributed by atoms with E-state index in [0.717, 1.165) is 23.5 Å². The molecule has 2 N–H and O–H groups in total. The molecule has 2 heterocycles. The van der Waals surface area contributed by atoms with Crippen LogP contribution in [0, 0.1) is 5.92 Å². The number of rotatable bonds is 5. The minimum absolute atomic E-state index is 0.802. The summed E-state index contributed by atoms with van der Waals surface area (Å²) in [6.45, 7) is 7.97. The summed E-state index contributed by atoms with van der Waals surface area (Å²) in [6, 6.07) is 6.45. The third-order valence-corrected chi connectivity index (χ3v) is 4.98. The van der Waals surface area contributed by atoms with Crippen molar-refractivity contribution >= 4 is 26.8 Å². The summed E-state index contributed by atoms with van der Waals surface area (Å²) < 4.78 is 1.15. The molecule has 3 nitrogen and oxygen atoms in total. The normalized spacial score (nSPS) is 19.5.